The lowest BCUT2D eigenvalue weighted by Crippen LogP contribution is -2.10. The Morgan fingerprint density at radius 1 is 1.31 bits per heavy atom. The molecule has 1 aliphatic rings. The summed E-state index contributed by atoms with van der Waals surface area (Å²) in [5.41, 5.74) is 5.86. The molecule has 3 aromatic rings. The van der Waals surface area contributed by atoms with E-state index in [1.165, 1.54) is 0 Å². The second kappa shape index (κ2) is 6.29. The Hall–Kier alpha value is -3.15. The molecule has 0 spiro atoms. The van der Waals surface area contributed by atoms with Crippen LogP contribution in [0.15, 0.2) is 55.0 Å². The standard InChI is InChI=1S/C20H22N6/c1-5-13(2)19-12-26(24-22-19)16-6-7-18-17(11-16)20(23-21-18)15-8-9-25(4)14(3)10-15/h6-13H,3,5H2,1-2,4H3,(H,21,23). The topological polar surface area (TPSA) is 62.6 Å². The van der Waals surface area contributed by atoms with Crippen LogP contribution in [0.3, 0.4) is 0 Å². The number of aromatic nitrogens is 5. The van der Waals surface area contributed by atoms with Crippen molar-refractivity contribution in [3.8, 4) is 5.69 Å². The highest BCUT2D eigenvalue weighted by Gasteiger charge is 2.15. The molecule has 132 valence electrons. The number of H-pyrrole nitrogens is 1. The van der Waals surface area contributed by atoms with E-state index in [1.54, 1.807) is 0 Å². The fourth-order valence-corrected chi connectivity index (χ4v) is 2.97. The molecular weight excluding hydrogens is 324 g/mol. The summed E-state index contributed by atoms with van der Waals surface area (Å²) in [7, 11) is 1.98. The van der Waals surface area contributed by atoms with E-state index in [4.69, 9.17) is 0 Å². The van der Waals surface area contributed by atoms with Crippen LogP contribution in [-0.4, -0.2) is 37.1 Å². The molecule has 4 rings (SSSR count). The zero-order valence-electron chi connectivity index (χ0n) is 15.3. The van der Waals surface area contributed by atoms with Crippen molar-refractivity contribution < 1.29 is 0 Å². The second-order valence-electron chi connectivity index (χ2n) is 6.72. The molecule has 0 radical (unpaired) electrons. The number of nitrogens with zero attached hydrogens (tertiary/aromatic N) is 5. The van der Waals surface area contributed by atoms with Crippen LogP contribution >= 0.6 is 0 Å². The SMILES string of the molecule is C=C1C=C(c2n[nH]c3ccc(-n4cc(C(C)CC)nn4)cc23)C=CN1C. The molecule has 0 amide bonds. The maximum atomic E-state index is 4.51. The van der Waals surface area contributed by atoms with Crippen molar-refractivity contribution >= 4 is 16.5 Å². The summed E-state index contributed by atoms with van der Waals surface area (Å²) in [5.74, 6) is 0.400. The molecule has 6 heteroatoms. The number of hydrogen-bond acceptors (Lipinski definition) is 4. The Morgan fingerprint density at radius 3 is 2.92 bits per heavy atom. The highest BCUT2D eigenvalue weighted by molar-refractivity contribution is 5.94. The fourth-order valence-electron chi connectivity index (χ4n) is 2.97. The quantitative estimate of drug-likeness (QED) is 0.775. The highest BCUT2D eigenvalue weighted by Crippen LogP contribution is 2.29. The summed E-state index contributed by atoms with van der Waals surface area (Å²) in [6.45, 7) is 8.39. The molecule has 1 aromatic carbocycles. The number of nitrogens with one attached hydrogen (secondary N) is 1. The minimum atomic E-state index is 0.400. The van der Waals surface area contributed by atoms with Crippen molar-refractivity contribution in [1.29, 1.82) is 0 Å². The van der Waals surface area contributed by atoms with Gasteiger partial charge in [-0.05, 0) is 36.8 Å². The second-order valence-corrected chi connectivity index (χ2v) is 6.72. The minimum Gasteiger partial charge on any atom is -0.351 e. The molecule has 0 bridgehead atoms. The largest absolute Gasteiger partial charge is 0.351 e. The van der Waals surface area contributed by atoms with Crippen LogP contribution in [0.2, 0.25) is 0 Å². The smallest absolute Gasteiger partial charge is 0.100 e. The summed E-state index contributed by atoms with van der Waals surface area (Å²) < 4.78 is 1.83. The number of aromatic amines is 1. The predicted molar refractivity (Wildman–Crippen MR) is 104 cm³/mol. The Kier molecular flexibility index (Phi) is 3.95. The van der Waals surface area contributed by atoms with Gasteiger partial charge in [-0.1, -0.05) is 25.6 Å². The minimum absolute atomic E-state index is 0.400. The molecule has 1 atom stereocenters. The summed E-state index contributed by atoms with van der Waals surface area (Å²) in [6.07, 6.45) is 9.14. The molecule has 3 heterocycles. The Labute approximate surface area is 152 Å². The van der Waals surface area contributed by atoms with Crippen LogP contribution in [-0.2, 0) is 0 Å². The van der Waals surface area contributed by atoms with Gasteiger partial charge in [-0.15, -0.1) is 5.10 Å². The molecule has 6 nitrogen and oxygen atoms in total. The summed E-state index contributed by atoms with van der Waals surface area (Å²) in [4.78, 5) is 1.98. The summed E-state index contributed by atoms with van der Waals surface area (Å²) >= 11 is 0. The lowest BCUT2D eigenvalue weighted by Gasteiger charge is -2.19. The van der Waals surface area contributed by atoms with Crippen LogP contribution in [0.4, 0.5) is 0 Å². The Balaban J connectivity index is 1.76. The fraction of sp³-hybridized carbons (Fsp3) is 0.250. The first-order chi connectivity index (χ1) is 12.6. The lowest BCUT2D eigenvalue weighted by molar-refractivity contribution is 0.588. The van der Waals surface area contributed by atoms with Crippen molar-refractivity contribution in [2.75, 3.05) is 7.05 Å². The van der Waals surface area contributed by atoms with Crippen LogP contribution < -0.4 is 0 Å². The summed E-state index contributed by atoms with van der Waals surface area (Å²) in [6, 6.07) is 6.15. The van der Waals surface area contributed by atoms with Gasteiger partial charge >= 0.3 is 0 Å². The van der Waals surface area contributed by atoms with E-state index in [1.807, 2.05) is 53.3 Å². The number of benzene rings is 1. The van der Waals surface area contributed by atoms with E-state index in [2.05, 4.69) is 47.0 Å². The van der Waals surface area contributed by atoms with Crippen molar-refractivity contribution in [2.45, 2.75) is 26.2 Å². The molecule has 0 saturated carbocycles. The van der Waals surface area contributed by atoms with Gasteiger partial charge in [-0.2, -0.15) is 5.10 Å². The van der Waals surface area contributed by atoms with Crippen molar-refractivity contribution in [1.82, 2.24) is 30.1 Å². The monoisotopic (exact) mass is 346 g/mol. The zero-order valence-corrected chi connectivity index (χ0v) is 15.3. The number of rotatable bonds is 4. The van der Waals surface area contributed by atoms with E-state index >= 15 is 0 Å². The van der Waals surface area contributed by atoms with Gasteiger partial charge in [0.1, 0.15) is 5.69 Å². The van der Waals surface area contributed by atoms with Crippen LogP contribution in [0.25, 0.3) is 22.2 Å². The number of hydrogen-bond donors (Lipinski definition) is 1. The average molecular weight is 346 g/mol. The lowest BCUT2D eigenvalue weighted by atomic mass is 10.0. The van der Waals surface area contributed by atoms with Crippen molar-refractivity contribution in [3.05, 3.63) is 66.4 Å². The van der Waals surface area contributed by atoms with Gasteiger partial charge in [-0.25, -0.2) is 4.68 Å². The van der Waals surface area contributed by atoms with Gasteiger partial charge in [0.15, 0.2) is 0 Å². The number of fused-ring (bicyclic) bond motifs is 1. The van der Waals surface area contributed by atoms with Gasteiger partial charge in [0.2, 0.25) is 0 Å². The van der Waals surface area contributed by atoms with Gasteiger partial charge in [0, 0.05) is 35.8 Å². The van der Waals surface area contributed by atoms with Crippen LogP contribution in [0.1, 0.15) is 37.6 Å². The Bertz CT molecular complexity index is 1040. The molecule has 1 aliphatic heterocycles. The normalized spacial score (nSPS) is 15.6. The number of likely N-dealkylation sites (N-methyl/N-ethyl adjacent to an activating group) is 1. The molecule has 0 saturated heterocycles. The first-order valence-corrected chi connectivity index (χ1v) is 8.79. The Morgan fingerprint density at radius 2 is 2.15 bits per heavy atom. The van der Waals surface area contributed by atoms with Gasteiger partial charge in [0.05, 0.1) is 23.1 Å². The van der Waals surface area contributed by atoms with Gasteiger partial charge in [-0.3, -0.25) is 5.10 Å². The third-order valence-corrected chi connectivity index (χ3v) is 4.97. The molecular formula is C20H22N6. The third-order valence-electron chi connectivity index (χ3n) is 4.97. The molecule has 0 aliphatic carbocycles. The maximum absolute atomic E-state index is 4.51. The third kappa shape index (κ3) is 2.73. The summed E-state index contributed by atoms with van der Waals surface area (Å²) in [5, 5.41) is 17.3. The van der Waals surface area contributed by atoms with E-state index in [-0.39, 0.29) is 0 Å². The van der Waals surface area contributed by atoms with Crippen molar-refractivity contribution in [3.63, 3.8) is 0 Å². The number of allylic oxidation sites excluding steroid dienone is 3. The van der Waals surface area contributed by atoms with E-state index in [0.717, 1.165) is 45.7 Å². The molecule has 1 N–H and O–H groups in total. The van der Waals surface area contributed by atoms with Crippen LogP contribution in [0, 0.1) is 0 Å². The van der Waals surface area contributed by atoms with E-state index in [9.17, 15) is 0 Å². The zero-order chi connectivity index (χ0) is 18.3. The molecule has 26 heavy (non-hydrogen) atoms. The van der Waals surface area contributed by atoms with Crippen LogP contribution in [0.5, 0.6) is 0 Å². The first kappa shape index (κ1) is 16.3. The highest BCUT2D eigenvalue weighted by atomic mass is 15.4. The van der Waals surface area contributed by atoms with E-state index < -0.39 is 0 Å². The first-order valence-electron chi connectivity index (χ1n) is 8.79. The maximum Gasteiger partial charge on any atom is 0.100 e. The molecule has 0 fully saturated rings. The van der Waals surface area contributed by atoms with Crippen molar-refractivity contribution in [2.24, 2.45) is 0 Å². The average Bonchev–Trinajstić information content (AvgIpc) is 3.30. The molecule has 2 aromatic heterocycles. The van der Waals surface area contributed by atoms with Gasteiger partial charge < -0.3 is 4.90 Å². The van der Waals surface area contributed by atoms with E-state index in [0.29, 0.717) is 5.92 Å². The molecule has 1 unspecified atom stereocenters. The predicted octanol–water partition coefficient (Wildman–Crippen LogP) is 4.01. The van der Waals surface area contributed by atoms with Gasteiger partial charge in [0.25, 0.3) is 0 Å².